The van der Waals surface area contributed by atoms with Crippen LogP contribution in [0.15, 0.2) is 30.3 Å². The first-order valence-electron chi connectivity index (χ1n) is 13.1. The molecule has 1 aromatic carbocycles. The Kier molecular flexibility index (Phi) is 14.4. The molecule has 0 aliphatic carbocycles. The van der Waals surface area contributed by atoms with Crippen LogP contribution >= 0.6 is 0 Å². The number of unbranched alkanes of at least 4 members (excludes halogenated alkanes) is 2. The van der Waals surface area contributed by atoms with Gasteiger partial charge in [-0.05, 0) is 43.0 Å². The number of aryl methyl sites for hydroxylation is 1. The largest absolute Gasteiger partial charge is 0.741 e. The standard InChI is InChI=1S/C24H36N2O3.2CHF3O3S/c1-25-21(11-9-12-24(25)29-5)10-7-6-8-14-26(2)15-13-19-16-22(27-3)23(28-4)17-20(19)18-26;2*2-1(3,4)8(5,6)7/h9,11-12,16-17H,6-8,10,13-15,18H2,1-5H3;2*(H,5,6,7)/q+2;;/p-2. The van der Waals surface area contributed by atoms with Crippen LogP contribution in [-0.2, 0) is 46.7 Å². The maximum absolute atomic E-state index is 10.7. The third-order valence-corrected chi connectivity index (χ3v) is 8.01. The Balaban J connectivity index is 0.000000521. The number of nitrogens with zero attached hydrogens (tertiary/aromatic N) is 2. The maximum Gasteiger partial charge on any atom is 0.485 e. The van der Waals surface area contributed by atoms with Gasteiger partial charge in [0.2, 0.25) is 0 Å². The summed E-state index contributed by atoms with van der Waals surface area (Å²) in [4.78, 5) is 0. The van der Waals surface area contributed by atoms with E-state index in [1.54, 1.807) is 21.3 Å². The zero-order valence-corrected chi connectivity index (χ0v) is 26.8. The second-order valence-corrected chi connectivity index (χ2v) is 12.9. The topological polar surface area (TPSA) is 146 Å². The first-order chi connectivity index (χ1) is 20.5. The van der Waals surface area contributed by atoms with E-state index in [4.69, 9.17) is 40.2 Å². The first-order valence-corrected chi connectivity index (χ1v) is 15.9. The van der Waals surface area contributed by atoms with E-state index >= 15 is 0 Å². The number of pyridine rings is 1. The minimum Gasteiger partial charge on any atom is -0.741 e. The fourth-order valence-corrected chi connectivity index (χ4v) is 4.45. The Labute approximate surface area is 258 Å². The van der Waals surface area contributed by atoms with E-state index < -0.39 is 31.3 Å². The lowest BCUT2D eigenvalue weighted by molar-refractivity contribution is -0.924. The number of rotatable bonds is 9. The van der Waals surface area contributed by atoms with Crippen molar-refractivity contribution in [2.75, 3.05) is 41.5 Å². The average Bonchev–Trinajstić information content (AvgIpc) is 2.91. The molecule has 2 aromatic rings. The summed E-state index contributed by atoms with van der Waals surface area (Å²) >= 11 is 0. The molecule has 0 bridgehead atoms. The highest BCUT2D eigenvalue weighted by Crippen LogP contribution is 2.35. The van der Waals surface area contributed by atoms with Crippen molar-refractivity contribution < 1.29 is 75.5 Å². The summed E-state index contributed by atoms with van der Waals surface area (Å²) in [6.07, 6.45) is 5.92. The van der Waals surface area contributed by atoms with Gasteiger partial charge in [0.1, 0.15) is 13.6 Å². The fourth-order valence-electron chi connectivity index (χ4n) is 4.45. The molecule has 3 rings (SSSR count). The smallest absolute Gasteiger partial charge is 0.485 e. The van der Waals surface area contributed by atoms with Crippen molar-refractivity contribution >= 4 is 20.2 Å². The lowest BCUT2D eigenvalue weighted by atomic mass is 9.96. The number of halogens is 6. The Morgan fingerprint density at radius 1 is 0.822 bits per heavy atom. The molecule has 0 spiro atoms. The Hall–Kier alpha value is -2.87. The molecule has 2 heterocycles. The molecule has 1 atom stereocenters. The third kappa shape index (κ3) is 12.4. The number of likely N-dealkylation sites (N-methyl/N-ethyl adjacent to an activating group) is 1. The number of alkyl halides is 6. The number of fused-ring (bicyclic) bond motifs is 1. The normalized spacial score (nSPS) is 16.7. The molecule has 1 aliphatic heterocycles. The number of methoxy groups -OCH3 is 3. The van der Waals surface area contributed by atoms with Crippen LogP contribution in [0.3, 0.4) is 0 Å². The predicted molar refractivity (Wildman–Crippen MR) is 146 cm³/mol. The van der Waals surface area contributed by atoms with Crippen LogP contribution in [0.2, 0.25) is 0 Å². The van der Waals surface area contributed by atoms with Gasteiger partial charge < -0.3 is 27.8 Å². The van der Waals surface area contributed by atoms with Crippen LogP contribution in [0.4, 0.5) is 26.3 Å². The SMILES string of the molecule is COc1cc2c(cc1OC)C[N+](C)(CCCCCc1cccc(OC)[n+]1C)CC2.O=S(=O)([O-])C(F)(F)F.O=S(=O)([O-])C(F)(F)F. The highest BCUT2D eigenvalue weighted by Gasteiger charge is 2.37. The summed E-state index contributed by atoms with van der Waals surface area (Å²) in [6, 6.07) is 10.6. The highest BCUT2D eigenvalue weighted by atomic mass is 32.2. The molecule has 19 heteroatoms. The van der Waals surface area contributed by atoms with Gasteiger partial charge in [0.15, 0.2) is 37.4 Å². The van der Waals surface area contributed by atoms with Crippen LogP contribution < -0.4 is 18.8 Å². The van der Waals surface area contributed by atoms with E-state index in [0.717, 1.165) is 41.2 Å². The number of hydrogen-bond donors (Lipinski definition) is 0. The number of ether oxygens (including phenoxy) is 3. The van der Waals surface area contributed by atoms with Gasteiger partial charge in [0.05, 0.1) is 47.5 Å². The van der Waals surface area contributed by atoms with E-state index in [1.165, 1.54) is 49.2 Å². The molecule has 0 amide bonds. The van der Waals surface area contributed by atoms with Gasteiger partial charge in [-0.3, -0.25) is 0 Å². The summed E-state index contributed by atoms with van der Waals surface area (Å²) in [5, 5.41) is 0. The molecule has 1 aliphatic rings. The van der Waals surface area contributed by atoms with Gasteiger partial charge in [-0.15, -0.1) is 0 Å². The van der Waals surface area contributed by atoms with E-state index in [9.17, 15) is 26.3 Å². The van der Waals surface area contributed by atoms with Crippen molar-refractivity contribution in [3.8, 4) is 17.4 Å². The predicted octanol–water partition coefficient (Wildman–Crippen LogP) is 3.56. The monoisotopic (exact) mass is 698 g/mol. The molecule has 0 saturated heterocycles. The van der Waals surface area contributed by atoms with Crippen molar-refractivity contribution in [1.82, 2.24) is 0 Å². The van der Waals surface area contributed by atoms with Gasteiger partial charge in [-0.25, -0.2) is 16.8 Å². The number of hydrogen-bond acceptors (Lipinski definition) is 9. The molecule has 258 valence electrons. The molecule has 0 fully saturated rings. The van der Waals surface area contributed by atoms with Crippen LogP contribution in [-0.4, -0.2) is 82.9 Å². The van der Waals surface area contributed by atoms with Gasteiger partial charge in [0, 0.05) is 24.5 Å². The van der Waals surface area contributed by atoms with Crippen molar-refractivity contribution in [2.45, 2.75) is 49.7 Å². The van der Waals surface area contributed by atoms with Crippen LogP contribution in [0.5, 0.6) is 17.4 Å². The second kappa shape index (κ2) is 16.1. The lowest BCUT2D eigenvalue weighted by Crippen LogP contribution is -2.48. The zero-order valence-electron chi connectivity index (χ0n) is 25.2. The van der Waals surface area contributed by atoms with E-state index in [0.29, 0.717) is 0 Å². The molecule has 0 saturated carbocycles. The number of aromatic nitrogens is 1. The summed E-state index contributed by atoms with van der Waals surface area (Å²) in [5.74, 6) is 2.60. The molecular formula is C26H36F6N2O9S2. The van der Waals surface area contributed by atoms with E-state index in [-0.39, 0.29) is 0 Å². The number of quaternary nitrogens is 1. The van der Waals surface area contributed by atoms with Crippen LogP contribution in [0, 0.1) is 0 Å². The first kappa shape index (κ1) is 40.2. The van der Waals surface area contributed by atoms with Crippen molar-refractivity contribution in [3.05, 3.63) is 47.2 Å². The van der Waals surface area contributed by atoms with Gasteiger partial charge in [-0.2, -0.15) is 30.9 Å². The fraction of sp³-hybridized carbons (Fsp3) is 0.577. The summed E-state index contributed by atoms with van der Waals surface area (Å²) in [7, 11) is -2.56. The summed E-state index contributed by atoms with van der Waals surface area (Å²) < 4.78 is 137. The highest BCUT2D eigenvalue weighted by molar-refractivity contribution is 7.86. The summed E-state index contributed by atoms with van der Waals surface area (Å²) in [6.45, 7) is 3.48. The van der Waals surface area contributed by atoms with Gasteiger partial charge in [0.25, 0.3) is 0 Å². The zero-order chi connectivity index (χ0) is 34.9. The van der Waals surface area contributed by atoms with Gasteiger partial charge >= 0.3 is 16.9 Å². The minimum atomic E-state index is -6.09. The third-order valence-electron chi connectivity index (χ3n) is 6.87. The Bertz CT molecular complexity index is 1440. The summed E-state index contributed by atoms with van der Waals surface area (Å²) in [5.41, 5.74) is -7.15. The molecule has 0 N–H and O–H groups in total. The van der Waals surface area contributed by atoms with Crippen molar-refractivity contribution in [3.63, 3.8) is 0 Å². The molecule has 0 radical (unpaired) electrons. The Morgan fingerprint density at radius 2 is 1.31 bits per heavy atom. The van der Waals surface area contributed by atoms with Crippen molar-refractivity contribution in [2.24, 2.45) is 7.05 Å². The molecule has 11 nitrogen and oxygen atoms in total. The molecule has 1 aromatic heterocycles. The second-order valence-electron chi connectivity index (χ2n) is 10.2. The molecular weight excluding hydrogens is 662 g/mol. The molecule has 1 unspecified atom stereocenters. The van der Waals surface area contributed by atoms with E-state index in [1.807, 2.05) is 6.07 Å². The maximum atomic E-state index is 10.7. The van der Waals surface area contributed by atoms with Crippen molar-refractivity contribution in [1.29, 1.82) is 0 Å². The van der Waals surface area contributed by atoms with E-state index in [2.05, 4.69) is 42.9 Å². The average molecular weight is 699 g/mol. The quantitative estimate of drug-likeness (QED) is 0.0959. The Morgan fingerprint density at radius 3 is 1.76 bits per heavy atom. The van der Waals surface area contributed by atoms with Gasteiger partial charge in [-0.1, -0.05) is 0 Å². The number of benzene rings is 1. The molecule has 45 heavy (non-hydrogen) atoms. The van der Waals surface area contributed by atoms with Crippen LogP contribution in [0.25, 0.3) is 0 Å². The minimum absolute atomic E-state index is 0.839. The van der Waals surface area contributed by atoms with Crippen LogP contribution in [0.1, 0.15) is 36.1 Å². The lowest BCUT2D eigenvalue weighted by Gasteiger charge is -2.39.